The van der Waals surface area contributed by atoms with Crippen molar-refractivity contribution in [2.45, 2.75) is 6.92 Å². The summed E-state index contributed by atoms with van der Waals surface area (Å²) in [4.78, 5) is 11.9. The molecule has 2 rings (SSSR count). The highest BCUT2D eigenvalue weighted by Gasteiger charge is 2.33. The van der Waals surface area contributed by atoms with Crippen LogP contribution in [0.15, 0.2) is 12.1 Å². The van der Waals surface area contributed by atoms with Crippen molar-refractivity contribution < 1.29 is 13.9 Å². The molecule has 98 valence electrons. The minimum Gasteiger partial charge on any atom is -0.380 e. The predicted molar refractivity (Wildman–Crippen MR) is 67.7 cm³/mol. The van der Waals surface area contributed by atoms with Crippen LogP contribution in [0, 0.1) is 11.2 Å². The van der Waals surface area contributed by atoms with E-state index in [0.717, 1.165) is 6.07 Å². The van der Waals surface area contributed by atoms with Gasteiger partial charge in [0.05, 0.1) is 28.8 Å². The van der Waals surface area contributed by atoms with E-state index in [4.69, 9.17) is 27.9 Å². The summed E-state index contributed by atoms with van der Waals surface area (Å²) in [7, 11) is 0. The van der Waals surface area contributed by atoms with Gasteiger partial charge in [-0.1, -0.05) is 30.1 Å². The van der Waals surface area contributed by atoms with E-state index in [2.05, 4.69) is 5.32 Å². The molecule has 1 heterocycles. The van der Waals surface area contributed by atoms with Crippen molar-refractivity contribution in [3.63, 3.8) is 0 Å². The van der Waals surface area contributed by atoms with E-state index in [9.17, 15) is 9.18 Å². The average molecular weight is 292 g/mol. The van der Waals surface area contributed by atoms with Crippen molar-refractivity contribution in [3.8, 4) is 0 Å². The van der Waals surface area contributed by atoms with E-state index in [1.165, 1.54) is 6.07 Å². The maximum Gasteiger partial charge on any atom is 0.252 e. The van der Waals surface area contributed by atoms with Crippen LogP contribution < -0.4 is 5.32 Å². The summed E-state index contributed by atoms with van der Waals surface area (Å²) in [5, 5.41) is 2.75. The Morgan fingerprint density at radius 2 is 2.11 bits per heavy atom. The summed E-state index contributed by atoms with van der Waals surface area (Å²) in [6.45, 7) is 3.68. The van der Waals surface area contributed by atoms with Crippen molar-refractivity contribution in [3.05, 3.63) is 33.6 Å². The molecule has 1 fully saturated rings. The number of benzene rings is 1. The SMILES string of the molecule is CC1(CNC(=O)c2cc(F)c(Cl)cc2Cl)COC1. The number of halogens is 3. The first-order valence-corrected chi connectivity index (χ1v) is 6.17. The molecule has 1 amide bonds. The maximum absolute atomic E-state index is 13.3. The molecule has 1 N–H and O–H groups in total. The normalized spacial score (nSPS) is 17.1. The zero-order valence-electron chi connectivity index (χ0n) is 9.73. The van der Waals surface area contributed by atoms with Crippen molar-refractivity contribution in [2.75, 3.05) is 19.8 Å². The third-order valence-corrected chi connectivity index (χ3v) is 3.43. The molecule has 6 heteroatoms. The number of nitrogens with one attached hydrogen (secondary N) is 1. The first-order chi connectivity index (χ1) is 8.41. The molecule has 0 bridgehead atoms. The molecule has 0 aromatic heterocycles. The highest BCUT2D eigenvalue weighted by Crippen LogP contribution is 2.27. The van der Waals surface area contributed by atoms with Gasteiger partial charge in [-0.15, -0.1) is 0 Å². The lowest BCUT2D eigenvalue weighted by atomic mass is 9.88. The van der Waals surface area contributed by atoms with Gasteiger partial charge in [0.2, 0.25) is 0 Å². The lowest BCUT2D eigenvalue weighted by Gasteiger charge is -2.38. The van der Waals surface area contributed by atoms with Gasteiger partial charge in [-0.05, 0) is 12.1 Å². The number of ether oxygens (including phenoxy) is 1. The second-order valence-electron chi connectivity index (χ2n) is 4.73. The van der Waals surface area contributed by atoms with Crippen molar-refractivity contribution >= 4 is 29.1 Å². The number of rotatable bonds is 3. The standard InChI is InChI=1S/C12H12Cl2FNO2/c1-12(5-18-6-12)4-16-11(17)7-2-10(15)9(14)3-8(7)13/h2-3H,4-6H2,1H3,(H,16,17). The molecule has 1 aromatic carbocycles. The van der Waals surface area contributed by atoms with Crippen LogP contribution in [-0.4, -0.2) is 25.7 Å². The third-order valence-electron chi connectivity index (χ3n) is 2.83. The minimum atomic E-state index is -0.663. The second-order valence-corrected chi connectivity index (χ2v) is 5.55. The molecule has 1 aliphatic heterocycles. The monoisotopic (exact) mass is 291 g/mol. The number of hydrogen-bond acceptors (Lipinski definition) is 2. The van der Waals surface area contributed by atoms with Gasteiger partial charge in [0.15, 0.2) is 0 Å². The van der Waals surface area contributed by atoms with Gasteiger partial charge in [-0.2, -0.15) is 0 Å². The van der Waals surface area contributed by atoms with Crippen LogP contribution in [0.3, 0.4) is 0 Å². The topological polar surface area (TPSA) is 38.3 Å². The molecule has 18 heavy (non-hydrogen) atoms. The fraction of sp³-hybridized carbons (Fsp3) is 0.417. The summed E-state index contributed by atoms with van der Waals surface area (Å²) in [6, 6.07) is 2.27. The molecule has 0 atom stereocenters. The fourth-order valence-electron chi connectivity index (χ4n) is 1.64. The highest BCUT2D eigenvalue weighted by molar-refractivity contribution is 6.36. The van der Waals surface area contributed by atoms with E-state index in [1.807, 2.05) is 6.92 Å². The summed E-state index contributed by atoms with van der Waals surface area (Å²) >= 11 is 11.4. The van der Waals surface area contributed by atoms with Gasteiger partial charge in [-0.25, -0.2) is 4.39 Å². The molecule has 3 nitrogen and oxygen atoms in total. The quantitative estimate of drug-likeness (QED) is 0.870. The first kappa shape index (κ1) is 13.6. The summed E-state index contributed by atoms with van der Waals surface area (Å²) in [5.74, 6) is -1.08. The van der Waals surface area contributed by atoms with Gasteiger partial charge in [0, 0.05) is 12.0 Å². The Bertz CT molecular complexity index is 489. The maximum atomic E-state index is 13.3. The van der Waals surface area contributed by atoms with E-state index in [-0.39, 0.29) is 21.0 Å². The Labute approximate surface area is 114 Å². The predicted octanol–water partition coefficient (Wildman–Crippen LogP) is 2.90. The zero-order chi connectivity index (χ0) is 13.3. The molecular formula is C12H12Cl2FNO2. The summed E-state index contributed by atoms with van der Waals surface area (Å²) < 4.78 is 18.4. The largest absolute Gasteiger partial charge is 0.380 e. The number of carbonyl (C=O) groups excluding carboxylic acids is 1. The van der Waals surface area contributed by atoms with Crippen LogP contribution in [0.4, 0.5) is 4.39 Å². The van der Waals surface area contributed by atoms with E-state index >= 15 is 0 Å². The van der Waals surface area contributed by atoms with E-state index < -0.39 is 11.7 Å². The van der Waals surface area contributed by atoms with Gasteiger partial charge in [0.1, 0.15) is 5.82 Å². The first-order valence-electron chi connectivity index (χ1n) is 5.42. The molecule has 1 aromatic rings. The van der Waals surface area contributed by atoms with Crippen LogP contribution in [0.1, 0.15) is 17.3 Å². The molecule has 0 radical (unpaired) electrons. The van der Waals surface area contributed by atoms with Crippen LogP contribution in [0.25, 0.3) is 0 Å². The smallest absolute Gasteiger partial charge is 0.252 e. The van der Waals surface area contributed by atoms with E-state index in [1.54, 1.807) is 0 Å². The number of hydrogen-bond donors (Lipinski definition) is 1. The van der Waals surface area contributed by atoms with Crippen molar-refractivity contribution in [2.24, 2.45) is 5.41 Å². The Morgan fingerprint density at radius 1 is 1.44 bits per heavy atom. The Hall–Kier alpha value is -0.840. The lowest BCUT2D eigenvalue weighted by molar-refractivity contribution is -0.0978. The Morgan fingerprint density at radius 3 is 2.67 bits per heavy atom. The second kappa shape index (κ2) is 5.03. The molecule has 0 aliphatic carbocycles. The lowest BCUT2D eigenvalue weighted by Crippen LogP contribution is -2.48. The summed E-state index contributed by atoms with van der Waals surface area (Å²) in [5.41, 5.74) is 0.0371. The molecule has 0 unspecified atom stereocenters. The van der Waals surface area contributed by atoms with Crippen LogP contribution in [0.5, 0.6) is 0 Å². The highest BCUT2D eigenvalue weighted by atomic mass is 35.5. The van der Waals surface area contributed by atoms with Crippen molar-refractivity contribution in [1.29, 1.82) is 0 Å². The summed E-state index contributed by atoms with van der Waals surface area (Å²) in [6.07, 6.45) is 0. The van der Waals surface area contributed by atoms with Crippen LogP contribution >= 0.6 is 23.2 Å². The molecule has 1 saturated heterocycles. The van der Waals surface area contributed by atoms with Crippen LogP contribution in [0.2, 0.25) is 10.0 Å². The fourth-order valence-corrected chi connectivity index (χ4v) is 2.11. The van der Waals surface area contributed by atoms with Crippen molar-refractivity contribution in [1.82, 2.24) is 5.32 Å². The zero-order valence-corrected chi connectivity index (χ0v) is 11.2. The average Bonchev–Trinajstić information content (AvgIpc) is 2.28. The van der Waals surface area contributed by atoms with Gasteiger partial charge < -0.3 is 10.1 Å². The van der Waals surface area contributed by atoms with E-state index in [0.29, 0.717) is 19.8 Å². The van der Waals surface area contributed by atoms with Gasteiger partial charge >= 0.3 is 0 Å². The Balaban J connectivity index is 2.06. The molecular weight excluding hydrogens is 280 g/mol. The molecule has 1 aliphatic rings. The van der Waals surface area contributed by atoms with Crippen LogP contribution in [-0.2, 0) is 4.74 Å². The molecule has 0 spiro atoms. The number of carbonyl (C=O) groups is 1. The third kappa shape index (κ3) is 2.76. The minimum absolute atomic E-state index is 0.0485. The molecule has 0 saturated carbocycles. The Kier molecular flexibility index (Phi) is 3.80. The van der Waals surface area contributed by atoms with Gasteiger partial charge in [-0.3, -0.25) is 4.79 Å². The van der Waals surface area contributed by atoms with Gasteiger partial charge in [0.25, 0.3) is 5.91 Å². The number of amides is 1.